The number of hydrogen-bond donors (Lipinski definition) is 18. The first kappa shape index (κ1) is 109. The zero-order valence-corrected chi connectivity index (χ0v) is 65.4. The molecule has 0 aliphatic rings. The van der Waals surface area contributed by atoms with Crippen LogP contribution in [0.4, 0.5) is 0 Å². The number of carboxylic acid groups (broad SMARTS) is 15. The molecule has 0 unspecified atom stereocenters. The van der Waals surface area contributed by atoms with E-state index in [0.717, 1.165) is 18.2 Å². The average molecular weight is 1670 g/mol. The first-order chi connectivity index (χ1) is 54.4. The number of ketones is 1. The van der Waals surface area contributed by atoms with Crippen molar-refractivity contribution in [2.24, 2.45) is 0 Å². The predicted molar refractivity (Wildman–Crippen MR) is 404 cm³/mol. The van der Waals surface area contributed by atoms with E-state index >= 15 is 0 Å². The number of nitrogens with zero attached hydrogens (tertiary/aromatic N) is 8. The van der Waals surface area contributed by atoms with E-state index in [-0.39, 0.29) is 235 Å². The number of Topliss-reactive ketones (excluding diaryl/α,β-unsaturated/α-hetero) is 1. The molecule has 0 aliphatic heterocycles. The first-order valence-electron chi connectivity index (χ1n) is 37.0. The minimum atomic E-state index is -1.37. The fourth-order valence-corrected chi connectivity index (χ4v) is 9.96. The van der Waals surface area contributed by atoms with E-state index in [1.807, 2.05) is 16.7 Å². The van der Waals surface area contributed by atoms with Crippen molar-refractivity contribution in [1.82, 2.24) is 55.1 Å². The van der Waals surface area contributed by atoms with E-state index in [9.17, 15) is 91.1 Å². The molecule has 0 saturated heterocycles. The number of aliphatic carboxylic acids is 12. The highest BCUT2D eigenvalue weighted by molar-refractivity contribution is 5.99. The normalized spacial score (nSPS) is 10.9. The summed E-state index contributed by atoms with van der Waals surface area (Å²) >= 11 is 0. The second-order valence-corrected chi connectivity index (χ2v) is 25.9. The summed E-state index contributed by atoms with van der Waals surface area (Å²) in [5, 5.41) is 140. The van der Waals surface area contributed by atoms with Crippen molar-refractivity contribution in [1.29, 1.82) is 0 Å². The lowest BCUT2D eigenvalue weighted by molar-refractivity contribution is -0.139. The number of rotatable bonds is 68. The molecule has 0 spiro atoms. The predicted octanol–water partition coefficient (Wildman–Crippen LogP) is -1.24. The number of aromatic carboxylic acids is 3. The van der Waals surface area contributed by atoms with Crippen molar-refractivity contribution in [2.45, 2.75) is 122 Å². The van der Waals surface area contributed by atoms with Crippen LogP contribution in [0.3, 0.4) is 0 Å². The van der Waals surface area contributed by atoms with Crippen LogP contribution < -0.4 is 16.0 Å². The van der Waals surface area contributed by atoms with Crippen LogP contribution in [0, 0.1) is 0 Å². The Morgan fingerprint density at radius 1 is 0.233 bits per heavy atom. The molecule has 0 bridgehead atoms. The quantitative estimate of drug-likeness (QED) is 0.0363. The molecule has 0 heterocycles. The van der Waals surface area contributed by atoms with Gasteiger partial charge in [0.15, 0.2) is 0 Å². The van der Waals surface area contributed by atoms with E-state index in [1.165, 1.54) is 0 Å². The van der Waals surface area contributed by atoms with Gasteiger partial charge in [-0.15, -0.1) is 0 Å². The third-order valence-corrected chi connectivity index (χ3v) is 16.5. The van der Waals surface area contributed by atoms with Crippen molar-refractivity contribution in [3.05, 3.63) is 34.9 Å². The van der Waals surface area contributed by atoms with E-state index in [0.29, 0.717) is 91.3 Å². The van der Waals surface area contributed by atoms with Gasteiger partial charge in [0.2, 0.25) is 17.7 Å². The molecule has 3 amide bonds. The molecule has 0 atom stereocenters. The van der Waals surface area contributed by atoms with Gasteiger partial charge in [0, 0.05) is 189 Å². The summed E-state index contributed by atoms with van der Waals surface area (Å²) in [5.41, 5.74) is -1.10. The maximum atomic E-state index is 12.3. The maximum absolute atomic E-state index is 12.3. The highest BCUT2D eigenvalue weighted by Gasteiger charge is 2.20. The Morgan fingerprint density at radius 3 is 0.629 bits per heavy atom. The van der Waals surface area contributed by atoms with Gasteiger partial charge in [0.25, 0.3) is 0 Å². The van der Waals surface area contributed by atoms with Crippen LogP contribution in [0.2, 0.25) is 0 Å². The number of nitrogens with one attached hydrogen (secondary N) is 3. The molecule has 0 aromatic heterocycles. The van der Waals surface area contributed by atoms with Crippen LogP contribution in [0.1, 0.15) is 154 Å². The summed E-state index contributed by atoms with van der Waals surface area (Å²) in [4.78, 5) is 223. The Balaban J connectivity index is -0.00000154. The Labute approximate surface area is 668 Å². The van der Waals surface area contributed by atoms with Crippen LogP contribution in [0.15, 0.2) is 18.2 Å². The number of carbonyl (C=O) groups is 19. The van der Waals surface area contributed by atoms with Gasteiger partial charge in [-0.3, -0.25) is 76.7 Å². The lowest BCUT2D eigenvalue weighted by Gasteiger charge is -2.26. The molecule has 658 valence electrons. The Kier molecular flexibility index (Phi) is 62.4. The molecule has 0 saturated carbocycles. The summed E-state index contributed by atoms with van der Waals surface area (Å²) in [5.74, 6) is -16.5. The topological polar surface area (TPSA) is 690 Å². The average Bonchev–Trinajstić information content (AvgIpc) is 0.839. The third-order valence-electron chi connectivity index (χ3n) is 16.5. The van der Waals surface area contributed by atoms with Crippen LogP contribution in [-0.4, -0.2) is 406 Å². The third kappa shape index (κ3) is 69.7. The zero-order valence-electron chi connectivity index (χ0n) is 65.4. The summed E-state index contributed by atoms with van der Waals surface area (Å²) < 4.78 is 0. The van der Waals surface area contributed by atoms with Crippen molar-refractivity contribution >= 4 is 113 Å². The molecule has 1 aromatic carbocycles. The van der Waals surface area contributed by atoms with Crippen LogP contribution >= 0.6 is 0 Å². The monoisotopic (exact) mass is 1670 g/mol. The van der Waals surface area contributed by atoms with Gasteiger partial charge in [0.05, 0.1) is 93.7 Å². The SMILES string of the molecule is CCN(CCC(=O)CCCN(CCC(=O)O)CCC(=O)O)CCC(=O)NCCN(CCC(=O)O)CCC(=O)O.CN(CCC(=O)NCCN(CCC(=O)O)CCC(=O)O)CCC(=O)NCCN(CCC(=O)O)CCC(=O)O.O=C(O)CCN(CCC(=O)O)CCN(CCC(=O)O)CCC(=O)O.O=C(O)c1cc(C(=O)O)cc(C(=O)O)c1. The highest BCUT2D eigenvalue weighted by atomic mass is 16.4. The lowest BCUT2D eigenvalue weighted by Crippen LogP contribution is -2.39. The van der Waals surface area contributed by atoms with E-state index in [2.05, 4.69) is 16.0 Å². The van der Waals surface area contributed by atoms with Crippen LogP contribution in [-0.2, 0) is 76.7 Å². The van der Waals surface area contributed by atoms with Gasteiger partial charge < -0.3 is 132 Å². The molecular weight excluding hydrogens is 1550 g/mol. The fraction of sp³-hybridized carbons (Fsp3) is 0.648. The molecule has 116 heavy (non-hydrogen) atoms. The molecule has 1 rings (SSSR count). The Bertz CT molecular complexity index is 2940. The molecule has 18 N–H and O–H groups in total. The first-order valence-corrected chi connectivity index (χ1v) is 37.0. The van der Waals surface area contributed by atoms with Crippen molar-refractivity contribution < 1.29 is 168 Å². The van der Waals surface area contributed by atoms with Gasteiger partial charge in [0.1, 0.15) is 5.78 Å². The smallest absolute Gasteiger partial charge is 0.335 e. The highest BCUT2D eigenvalue weighted by Crippen LogP contribution is 2.12. The molecule has 45 nitrogen and oxygen atoms in total. The number of benzene rings is 1. The molecule has 45 heteroatoms. The number of carboxylic acids is 15. The minimum absolute atomic E-state index is 0.0390. The summed E-state index contributed by atoms with van der Waals surface area (Å²) in [6.45, 7) is 9.46. The Morgan fingerprint density at radius 2 is 0.422 bits per heavy atom. The maximum Gasteiger partial charge on any atom is 0.335 e. The second-order valence-electron chi connectivity index (χ2n) is 25.9. The molecular formula is C71H115N11O34. The fourth-order valence-electron chi connectivity index (χ4n) is 9.96. The molecule has 1 aromatic rings. The standard InChI is InChI=1S/C25H44N4O10.C23H41N5O10.C14H24N2O8.C9H6O6/c1-2-27(13-5-20(30)4-3-12-28(15-7-22(32)33)16-8-23(34)35)14-6-21(31)26-11-19-29(17-9-24(36)37)18-10-25(38)39;1-26(10-2-18(29)24-8-16-27(12-4-20(31)32)13-5-21(33)34)11-3-19(30)25-9-17-28(14-6-22(35)36)15-7-23(37)38;17-11(18)1-5-15(6-2-12(19)20)9-10-16(7-3-13(21)22)8-4-14(23)24;10-7(11)4-1-5(8(12)13)3-6(2-4)9(14)15/h2-19H2,1H3,(H,26,31)(H,32,33)(H,34,35)(H,36,37)(H,38,39);2-17H2,1H3,(H,24,29)(H,25,30)(H,31,32)(H,33,34)(H,35,36)(H,37,38);1-10H2,(H,17,18)(H,19,20)(H,21,22)(H,23,24);1-3H,(H,10,11)(H,12,13)(H,14,15). The van der Waals surface area contributed by atoms with E-state index in [1.54, 1.807) is 36.4 Å². The Hall–Kier alpha value is -11.0. The van der Waals surface area contributed by atoms with Gasteiger partial charge in [-0.25, -0.2) is 14.4 Å². The number of amides is 3. The minimum Gasteiger partial charge on any atom is -0.481 e. The van der Waals surface area contributed by atoms with Crippen molar-refractivity contribution in [2.75, 3.05) is 177 Å². The number of hydrogen-bond acceptors (Lipinski definition) is 27. The van der Waals surface area contributed by atoms with Gasteiger partial charge in [-0.2, -0.15) is 0 Å². The molecule has 0 radical (unpaired) electrons. The molecule has 0 fully saturated rings. The van der Waals surface area contributed by atoms with Crippen LogP contribution in [0.25, 0.3) is 0 Å². The summed E-state index contributed by atoms with van der Waals surface area (Å²) in [7, 11) is 1.76. The summed E-state index contributed by atoms with van der Waals surface area (Å²) in [6, 6.07) is 2.70. The van der Waals surface area contributed by atoms with E-state index < -0.39 is 89.5 Å². The van der Waals surface area contributed by atoms with Crippen molar-refractivity contribution in [3.8, 4) is 0 Å². The van der Waals surface area contributed by atoms with Gasteiger partial charge in [-0.1, -0.05) is 6.92 Å². The summed E-state index contributed by atoms with van der Waals surface area (Å²) in [6.07, 6.45) is 0.222. The zero-order chi connectivity index (χ0) is 88.7. The van der Waals surface area contributed by atoms with E-state index in [4.69, 9.17) is 76.6 Å². The largest absolute Gasteiger partial charge is 0.481 e. The molecule has 0 aliphatic carbocycles. The van der Waals surface area contributed by atoms with Crippen molar-refractivity contribution in [3.63, 3.8) is 0 Å². The van der Waals surface area contributed by atoms with Gasteiger partial charge >= 0.3 is 89.5 Å². The lowest BCUT2D eigenvalue weighted by atomic mass is 10.1. The van der Waals surface area contributed by atoms with Gasteiger partial charge in [-0.05, 0) is 44.8 Å². The number of carbonyl (C=O) groups excluding carboxylic acids is 4. The van der Waals surface area contributed by atoms with Crippen LogP contribution in [0.5, 0.6) is 0 Å². The second kappa shape index (κ2) is 66.3.